The maximum Gasteiger partial charge on any atom is 0.164 e. The Kier molecular flexibility index (Phi) is 1.96. The number of aryl methyl sites for hydroxylation is 1. The zero-order chi connectivity index (χ0) is 8.39. The van der Waals surface area contributed by atoms with E-state index in [0.717, 1.165) is 31.0 Å². The molecule has 0 saturated heterocycles. The first-order valence-corrected chi connectivity index (χ1v) is 4.20. The van der Waals surface area contributed by atoms with Crippen molar-refractivity contribution in [3.63, 3.8) is 0 Å². The second kappa shape index (κ2) is 3.11. The number of rotatable bonds is 1. The van der Waals surface area contributed by atoms with Crippen LogP contribution in [0.25, 0.3) is 5.57 Å². The molecule has 0 spiro atoms. The second-order valence-corrected chi connectivity index (χ2v) is 3.03. The first-order chi connectivity index (χ1) is 5.86. The molecule has 0 saturated carbocycles. The van der Waals surface area contributed by atoms with E-state index in [0.29, 0.717) is 0 Å². The SMILES string of the molecule is Cc1cc(C2=CCCNC2)on1. The summed E-state index contributed by atoms with van der Waals surface area (Å²) in [6.45, 7) is 3.90. The van der Waals surface area contributed by atoms with Crippen molar-refractivity contribution in [2.45, 2.75) is 13.3 Å². The number of nitrogens with zero attached hydrogens (tertiary/aromatic N) is 1. The highest BCUT2D eigenvalue weighted by Crippen LogP contribution is 2.16. The van der Waals surface area contributed by atoms with E-state index in [1.807, 2.05) is 13.0 Å². The van der Waals surface area contributed by atoms with Crippen LogP contribution in [0.4, 0.5) is 0 Å². The van der Waals surface area contributed by atoms with Crippen LogP contribution in [0.15, 0.2) is 16.7 Å². The third-order valence-electron chi connectivity index (χ3n) is 1.97. The Labute approximate surface area is 71.4 Å². The molecule has 0 amide bonds. The first-order valence-electron chi connectivity index (χ1n) is 4.20. The first kappa shape index (κ1) is 7.55. The van der Waals surface area contributed by atoms with E-state index in [-0.39, 0.29) is 0 Å². The second-order valence-electron chi connectivity index (χ2n) is 3.03. The van der Waals surface area contributed by atoms with Gasteiger partial charge in [0.05, 0.1) is 5.69 Å². The molecule has 0 aliphatic carbocycles. The van der Waals surface area contributed by atoms with Gasteiger partial charge in [-0.05, 0) is 19.9 Å². The van der Waals surface area contributed by atoms with Gasteiger partial charge >= 0.3 is 0 Å². The Morgan fingerprint density at radius 3 is 3.08 bits per heavy atom. The molecule has 0 bridgehead atoms. The van der Waals surface area contributed by atoms with Gasteiger partial charge in [-0.3, -0.25) is 0 Å². The van der Waals surface area contributed by atoms with Gasteiger partial charge in [-0.2, -0.15) is 0 Å². The van der Waals surface area contributed by atoms with Crippen LogP contribution < -0.4 is 5.32 Å². The molecule has 2 heterocycles. The fourth-order valence-corrected chi connectivity index (χ4v) is 1.35. The van der Waals surface area contributed by atoms with E-state index in [4.69, 9.17) is 4.52 Å². The van der Waals surface area contributed by atoms with E-state index in [1.165, 1.54) is 5.57 Å². The molecule has 2 rings (SSSR count). The van der Waals surface area contributed by atoms with Gasteiger partial charge < -0.3 is 9.84 Å². The van der Waals surface area contributed by atoms with Crippen molar-refractivity contribution >= 4 is 5.57 Å². The van der Waals surface area contributed by atoms with Crippen molar-refractivity contribution in [2.24, 2.45) is 0 Å². The van der Waals surface area contributed by atoms with Gasteiger partial charge in [0.2, 0.25) is 0 Å². The fourth-order valence-electron chi connectivity index (χ4n) is 1.35. The molecule has 0 fully saturated rings. The number of hydrogen-bond donors (Lipinski definition) is 1. The van der Waals surface area contributed by atoms with Crippen LogP contribution in [0.3, 0.4) is 0 Å². The number of aromatic nitrogens is 1. The van der Waals surface area contributed by atoms with Gasteiger partial charge in [-0.25, -0.2) is 0 Å². The molecule has 0 atom stereocenters. The maximum absolute atomic E-state index is 5.15. The molecule has 64 valence electrons. The number of nitrogens with one attached hydrogen (secondary N) is 1. The van der Waals surface area contributed by atoms with Crippen molar-refractivity contribution in [2.75, 3.05) is 13.1 Å². The van der Waals surface area contributed by atoms with Crippen LogP contribution in [0, 0.1) is 6.92 Å². The van der Waals surface area contributed by atoms with E-state index < -0.39 is 0 Å². The summed E-state index contributed by atoms with van der Waals surface area (Å²) in [5.74, 6) is 0.903. The molecule has 0 unspecified atom stereocenters. The zero-order valence-corrected chi connectivity index (χ0v) is 7.13. The predicted molar refractivity (Wildman–Crippen MR) is 46.7 cm³/mol. The Bertz CT molecular complexity index is 301. The molecule has 0 aromatic carbocycles. The summed E-state index contributed by atoms with van der Waals surface area (Å²) >= 11 is 0. The molecule has 1 aromatic heterocycles. The smallest absolute Gasteiger partial charge is 0.164 e. The average molecular weight is 164 g/mol. The molecule has 3 nitrogen and oxygen atoms in total. The minimum Gasteiger partial charge on any atom is -0.356 e. The van der Waals surface area contributed by atoms with Crippen LogP contribution in [0.5, 0.6) is 0 Å². The van der Waals surface area contributed by atoms with E-state index >= 15 is 0 Å². The normalized spacial score (nSPS) is 17.6. The zero-order valence-electron chi connectivity index (χ0n) is 7.13. The molecule has 1 N–H and O–H groups in total. The molecule has 1 aliphatic rings. The Hall–Kier alpha value is -1.09. The van der Waals surface area contributed by atoms with Crippen LogP contribution in [-0.4, -0.2) is 18.2 Å². The summed E-state index contributed by atoms with van der Waals surface area (Å²) in [7, 11) is 0. The van der Waals surface area contributed by atoms with Gasteiger partial charge in [0.25, 0.3) is 0 Å². The lowest BCUT2D eigenvalue weighted by atomic mass is 10.1. The highest BCUT2D eigenvalue weighted by molar-refractivity contribution is 5.63. The van der Waals surface area contributed by atoms with Crippen molar-refractivity contribution < 1.29 is 4.52 Å². The van der Waals surface area contributed by atoms with Crippen molar-refractivity contribution in [1.82, 2.24) is 10.5 Å². The van der Waals surface area contributed by atoms with Gasteiger partial charge in [0, 0.05) is 18.2 Å². The van der Waals surface area contributed by atoms with Gasteiger partial charge in [0.1, 0.15) is 0 Å². The minimum absolute atomic E-state index is 0.897. The van der Waals surface area contributed by atoms with Crippen LogP contribution in [0.2, 0.25) is 0 Å². The summed E-state index contributed by atoms with van der Waals surface area (Å²) in [6, 6.07) is 1.97. The van der Waals surface area contributed by atoms with Crippen LogP contribution in [-0.2, 0) is 0 Å². The topological polar surface area (TPSA) is 38.1 Å². The molecule has 1 aliphatic heterocycles. The Morgan fingerprint density at radius 2 is 2.50 bits per heavy atom. The lowest BCUT2D eigenvalue weighted by molar-refractivity contribution is 0.403. The van der Waals surface area contributed by atoms with E-state index in [9.17, 15) is 0 Å². The van der Waals surface area contributed by atoms with Crippen LogP contribution in [0.1, 0.15) is 17.9 Å². The van der Waals surface area contributed by atoms with Crippen molar-refractivity contribution in [3.05, 3.63) is 23.6 Å². The molecule has 3 heteroatoms. The quantitative estimate of drug-likeness (QED) is 0.681. The third-order valence-corrected chi connectivity index (χ3v) is 1.97. The fraction of sp³-hybridized carbons (Fsp3) is 0.444. The molecule has 12 heavy (non-hydrogen) atoms. The molecular formula is C9H12N2O. The Morgan fingerprint density at radius 1 is 1.58 bits per heavy atom. The summed E-state index contributed by atoms with van der Waals surface area (Å²) in [4.78, 5) is 0. The van der Waals surface area contributed by atoms with Gasteiger partial charge in [0.15, 0.2) is 5.76 Å². The van der Waals surface area contributed by atoms with Crippen molar-refractivity contribution in [1.29, 1.82) is 0 Å². The maximum atomic E-state index is 5.15. The monoisotopic (exact) mass is 164 g/mol. The highest BCUT2D eigenvalue weighted by atomic mass is 16.5. The summed E-state index contributed by atoms with van der Waals surface area (Å²) < 4.78 is 5.15. The van der Waals surface area contributed by atoms with E-state index in [2.05, 4.69) is 16.5 Å². The molecular weight excluding hydrogens is 152 g/mol. The van der Waals surface area contributed by atoms with E-state index in [1.54, 1.807) is 0 Å². The van der Waals surface area contributed by atoms with Gasteiger partial charge in [-0.1, -0.05) is 11.2 Å². The third kappa shape index (κ3) is 1.41. The standard InChI is InChI=1S/C9H12N2O/c1-7-5-9(12-11-7)8-3-2-4-10-6-8/h3,5,10H,2,4,6H2,1H3. The summed E-state index contributed by atoms with van der Waals surface area (Å²) in [5.41, 5.74) is 2.17. The molecule has 0 radical (unpaired) electrons. The average Bonchev–Trinajstić information content (AvgIpc) is 2.54. The minimum atomic E-state index is 0.897. The predicted octanol–water partition coefficient (Wildman–Crippen LogP) is 1.36. The Balaban J connectivity index is 2.23. The van der Waals surface area contributed by atoms with Gasteiger partial charge in [-0.15, -0.1) is 0 Å². The lowest BCUT2D eigenvalue weighted by Crippen LogP contribution is -2.21. The van der Waals surface area contributed by atoms with Crippen molar-refractivity contribution in [3.8, 4) is 0 Å². The van der Waals surface area contributed by atoms with Crippen LogP contribution >= 0.6 is 0 Å². The molecule has 1 aromatic rings. The summed E-state index contributed by atoms with van der Waals surface area (Å²) in [5, 5.41) is 7.13. The largest absolute Gasteiger partial charge is 0.356 e. The summed E-state index contributed by atoms with van der Waals surface area (Å²) in [6.07, 6.45) is 3.28. The number of hydrogen-bond acceptors (Lipinski definition) is 3. The lowest BCUT2D eigenvalue weighted by Gasteiger charge is -2.10. The highest BCUT2D eigenvalue weighted by Gasteiger charge is 2.09.